The van der Waals surface area contributed by atoms with Crippen molar-refractivity contribution in [2.75, 3.05) is 16.0 Å². The van der Waals surface area contributed by atoms with E-state index in [-0.39, 0.29) is 11.8 Å². The summed E-state index contributed by atoms with van der Waals surface area (Å²) in [5.41, 5.74) is 1.40. The Labute approximate surface area is 172 Å². The summed E-state index contributed by atoms with van der Waals surface area (Å²) in [7, 11) is 0. The SMILES string of the molecule is CC.Cc1onc(NC(=O)C(C)Nc2onc(NC(=O)CCC(C)C)c2C)c1C. The van der Waals surface area contributed by atoms with E-state index in [0.29, 0.717) is 41.2 Å². The van der Waals surface area contributed by atoms with Crippen LogP contribution in [0, 0.1) is 26.7 Å². The first-order valence-corrected chi connectivity index (χ1v) is 9.95. The minimum atomic E-state index is -0.613. The molecule has 0 spiro atoms. The second kappa shape index (κ2) is 11.2. The number of carbonyl (C=O) groups is 2. The van der Waals surface area contributed by atoms with Gasteiger partial charge in [-0.2, -0.15) is 0 Å². The highest BCUT2D eigenvalue weighted by atomic mass is 16.5. The van der Waals surface area contributed by atoms with Gasteiger partial charge in [0.15, 0.2) is 11.6 Å². The van der Waals surface area contributed by atoms with E-state index in [1.807, 2.05) is 20.8 Å². The number of hydrogen-bond donors (Lipinski definition) is 3. The maximum atomic E-state index is 12.3. The Bertz CT molecular complexity index is 810. The van der Waals surface area contributed by atoms with Crippen molar-refractivity contribution in [3.8, 4) is 0 Å². The number of aromatic nitrogens is 2. The molecule has 1 atom stereocenters. The van der Waals surface area contributed by atoms with E-state index in [2.05, 4.69) is 40.1 Å². The van der Waals surface area contributed by atoms with Gasteiger partial charge in [-0.25, -0.2) is 0 Å². The predicted molar refractivity (Wildman–Crippen MR) is 113 cm³/mol. The maximum Gasteiger partial charge on any atom is 0.247 e. The number of aryl methyl sites for hydroxylation is 1. The largest absolute Gasteiger partial charge is 0.359 e. The monoisotopic (exact) mass is 407 g/mol. The molecule has 9 heteroatoms. The summed E-state index contributed by atoms with van der Waals surface area (Å²) in [6.07, 6.45) is 1.22. The molecular formula is C20H33N5O4. The highest BCUT2D eigenvalue weighted by Crippen LogP contribution is 2.24. The maximum absolute atomic E-state index is 12.3. The van der Waals surface area contributed by atoms with E-state index in [9.17, 15) is 9.59 Å². The zero-order valence-electron chi connectivity index (χ0n) is 18.6. The van der Waals surface area contributed by atoms with Gasteiger partial charge in [0, 0.05) is 12.0 Å². The second-order valence-corrected chi connectivity index (χ2v) is 7.03. The van der Waals surface area contributed by atoms with Crippen molar-refractivity contribution in [2.24, 2.45) is 5.92 Å². The molecule has 0 aliphatic rings. The van der Waals surface area contributed by atoms with Crippen LogP contribution in [-0.4, -0.2) is 28.2 Å². The molecule has 2 aromatic rings. The Morgan fingerprint density at radius 2 is 1.52 bits per heavy atom. The lowest BCUT2D eigenvalue weighted by atomic mass is 10.1. The van der Waals surface area contributed by atoms with Crippen LogP contribution in [0.4, 0.5) is 17.5 Å². The van der Waals surface area contributed by atoms with Crippen molar-refractivity contribution in [1.82, 2.24) is 10.3 Å². The number of rotatable bonds is 8. The van der Waals surface area contributed by atoms with Crippen molar-refractivity contribution in [3.05, 3.63) is 16.9 Å². The average molecular weight is 408 g/mol. The van der Waals surface area contributed by atoms with Crippen LogP contribution in [0.2, 0.25) is 0 Å². The topological polar surface area (TPSA) is 122 Å². The van der Waals surface area contributed by atoms with Crippen LogP contribution in [0.3, 0.4) is 0 Å². The number of nitrogens with one attached hydrogen (secondary N) is 3. The molecule has 2 rings (SSSR count). The first-order valence-electron chi connectivity index (χ1n) is 9.95. The Morgan fingerprint density at radius 3 is 2.07 bits per heavy atom. The molecule has 0 saturated carbocycles. The highest BCUT2D eigenvalue weighted by molar-refractivity contribution is 5.96. The molecule has 162 valence electrons. The fourth-order valence-electron chi connectivity index (χ4n) is 2.22. The molecule has 2 amide bonds. The first-order chi connectivity index (χ1) is 13.7. The third-order valence-electron chi connectivity index (χ3n) is 4.27. The van der Waals surface area contributed by atoms with Crippen LogP contribution >= 0.6 is 0 Å². The predicted octanol–water partition coefficient (Wildman–Crippen LogP) is 4.43. The summed E-state index contributed by atoms with van der Waals surface area (Å²) in [4.78, 5) is 24.3. The summed E-state index contributed by atoms with van der Waals surface area (Å²) in [6, 6.07) is -0.613. The molecule has 0 fully saturated rings. The Kier molecular flexibility index (Phi) is 9.37. The molecule has 2 aromatic heterocycles. The molecule has 9 nitrogen and oxygen atoms in total. The van der Waals surface area contributed by atoms with Gasteiger partial charge in [0.2, 0.25) is 17.7 Å². The Morgan fingerprint density at radius 1 is 0.931 bits per heavy atom. The van der Waals surface area contributed by atoms with Gasteiger partial charge >= 0.3 is 0 Å². The quantitative estimate of drug-likeness (QED) is 0.591. The number of nitrogens with zero attached hydrogens (tertiary/aromatic N) is 2. The molecule has 0 aliphatic heterocycles. The van der Waals surface area contributed by atoms with Crippen molar-refractivity contribution >= 4 is 29.3 Å². The van der Waals surface area contributed by atoms with E-state index in [0.717, 1.165) is 12.0 Å². The van der Waals surface area contributed by atoms with Gasteiger partial charge < -0.3 is 25.0 Å². The molecule has 0 aliphatic carbocycles. The average Bonchev–Trinajstić information content (AvgIpc) is 3.19. The number of amides is 2. The fourth-order valence-corrected chi connectivity index (χ4v) is 2.22. The van der Waals surface area contributed by atoms with Crippen molar-refractivity contribution in [2.45, 2.75) is 74.3 Å². The van der Waals surface area contributed by atoms with Gasteiger partial charge in [0.1, 0.15) is 11.8 Å². The zero-order chi connectivity index (χ0) is 22.1. The highest BCUT2D eigenvalue weighted by Gasteiger charge is 2.21. The van der Waals surface area contributed by atoms with Crippen LogP contribution in [0.25, 0.3) is 0 Å². The molecular weight excluding hydrogens is 374 g/mol. The Balaban J connectivity index is 0.00000204. The lowest BCUT2D eigenvalue weighted by Gasteiger charge is -2.12. The third kappa shape index (κ3) is 6.92. The summed E-state index contributed by atoms with van der Waals surface area (Å²) < 4.78 is 10.3. The smallest absolute Gasteiger partial charge is 0.247 e. The Hall–Kier alpha value is -2.84. The second-order valence-electron chi connectivity index (χ2n) is 7.03. The van der Waals surface area contributed by atoms with Gasteiger partial charge in [-0.3, -0.25) is 9.59 Å². The van der Waals surface area contributed by atoms with Gasteiger partial charge in [0.05, 0.1) is 5.56 Å². The molecule has 0 saturated heterocycles. The van der Waals surface area contributed by atoms with Crippen molar-refractivity contribution < 1.29 is 18.6 Å². The van der Waals surface area contributed by atoms with Gasteiger partial charge in [-0.1, -0.05) is 38.0 Å². The molecule has 0 radical (unpaired) electrons. The molecule has 1 unspecified atom stereocenters. The molecule has 0 aromatic carbocycles. The normalized spacial score (nSPS) is 11.5. The molecule has 3 N–H and O–H groups in total. The van der Waals surface area contributed by atoms with E-state index >= 15 is 0 Å². The number of hydrogen-bond acceptors (Lipinski definition) is 7. The number of carbonyl (C=O) groups excluding carboxylic acids is 2. The summed E-state index contributed by atoms with van der Waals surface area (Å²) in [5, 5.41) is 16.1. The lowest BCUT2D eigenvalue weighted by molar-refractivity contribution is -0.117. The van der Waals surface area contributed by atoms with Crippen LogP contribution in [0.5, 0.6) is 0 Å². The summed E-state index contributed by atoms with van der Waals surface area (Å²) in [6.45, 7) is 15.1. The van der Waals surface area contributed by atoms with Crippen LogP contribution in [0.1, 0.15) is 64.3 Å². The van der Waals surface area contributed by atoms with Gasteiger partial charge in [0.25, 0.3) is 0 Å². The standard InChI is InChI=1S/C18H27N5O4.C2H6/c1-9(2)7-8-14(24)20-16-11(4)18(27-23-16)19-12(5)17(25)21-15-10(3)13(6)26-22-15;1-2/h9,12,19H,7-8H2,1-6H3,(H,20,23,24)(H,21,22,25);1-2H3. The molecule has 0 bridgehead atoms. The summed E-state index contributed by atoms with van der Waals surface area (Å²) >= 11 is 0. The van der Waals surface area contributed by atoms with Gasteiger partial charge in [-0.05, 0) is 40.0 Å². The molecule has 2 heterocycles. The number of anilines is 3. The summed E-state index contributed by atoms with van der Waals surface area (Å²) in [5.74, 6) is 1.74. The minimum Gasteiger partial charge on any atom is -0.359 e. The van der Waals surface area contributed by atoms with Crippen LogP contribution < -0.4 is 16.0 Å². The van der Waals surface area contributed by atoms with E-state index < -0.39 is 6.04 Å². The van der Waals surface area contributed by atoms with Crippen LogP contribution in [-0.2, 0) is 9.59 Å². The van der Waals surface area contributed by atoms with Crippen molar-refractivity contribution in [1.29, 1.82) is 0 Å². The first kappa shape index (κ1) is 24.2. The van der Waals surface area contributed by atoms with E-state index in [1.54, 1.807) is 20.8 Å². The lowest BCUT2D eigenvalue weighted by Crippen LogP contribution is -2.32. The van der Waals surface area contributed by atoms with Crippen molar-refractivity contribution in [3.63, 3.8) is 0 Å². The van der Waals surface area contributed by atoms with Crippen LogP contribution in [0.15, 0.2) is 9.05 Å². The van der Waals surface area contributed by atoms with E-state index in [1.165, 1.54) is 0 Å². The third-order valence-corrected chi connectivity index (χ3v) is 4.27. The molecule has 29 heavy (non-hydrogen) atoms. The van der Waals surface area contributed by atoms with Gasteiger partial charge in [-0.15, -0.1) is 0 Å². The fraction of sp³-hybridized carbons (Fsp3) is 0.600. The zero-order valence-corrected chi connectivity index (χ0v) is 18.6. The minimum absolute atomic E-state index is 0.116. The van der Waals surface area contributed by atoms with E-state index in [4.69, 9.17) is 9.05 Å².